The predicted molar refractivity (Wildman–Crippen MR) is 128 cm³/mol. The lowest BCUT2D eigenvalue weighted by molar-refractivity contribution is 0.135. The smallest absolute Gasteiger partial charge is 0.226 e. The molecular weight excluding hydrogens is 479 g/mol. The normalized spacial score (nSPS) is 19.8. The molecule has 11 heteroatoms. The molecule has 1 fully saturated rings. The summed E-state index contributed by atoms with van der Waals surface area (Å²) in [4.78, 5) is 15.6. The van der Waals surface area contributed by atoms with E-state index >= 15 is 0 Å². The highest BCUT2D eigenvalue weighted by molar-refractivity contribution is 7.23. The van der Waals surface area contributed by atoms with Gasteiger partial charge in [-0.05, 0) is 11.1 Å². The van der Waals surface area contributed by atoms with Gasteiger partial charge in [0.05, 0.1) is 52.0 Å². The van der Waals surface area contributed by atoms with E-state index in [2.05, 4.69) is 16.0 Å². The molecule has 1 saturated heterocycles. The summed E-state index contributed by atoms with van der Waals surface area (Å²) in [6, 6.07) is 2.08. The summed E-state index contributed by atoms with van der Waals surface area (Å²) in [5.41, 5.74) is 9.35. The second-order valence-corrected chi connectivity index (χ2v) is 10.1. The molecule has 2 aliphatic heterocycles. The molecule has 4 aromatic rings. The Bertz CT molecular complexity index is 1540. The molecule has 0 bridgehead atoms. The summed E-state index contributed by atoms with van der Waals surface area (Å²) in [5.74, 6) is 0.0225. The maximum atomic E-state index is 14.6. The van der Waals surface area contributed by atoms with E-state index in [-0.39, 0.29) is 21.2 Å². The van der Waals surface area contributed by atoms with Crippen molar-refractivity contribution in [2.45, 2.75) is 26.2 Å². The fourth-order valence-corrected chi connectivity index (χ4v) is 6.07. The van der Waals surface area contributed by atoms with E-state index in [1.54, 1.807) is 6.20 Å². The van der Waals surface area contributed by atoms with Crippen molar-refractivity contribution in [1.29, 1.82) is 5.26 Å². The highest BCUT2D eigenvalue weighted by Gasteiger charge is 2.32. The van der Waals surface area contributed by atoms with Gasteiger partial charge < -0.3 is 20.5 Å². The standard InChI is InChI=1S/C23H18ClFN6O2S/c1-9-5-31(6-15(9)32)23-29-3-11-12-7-33-8-13(12)16(18(24)19(11)30-23)20-17-10(2-26)22(27)34-21(17)14(25)4-28-20/h3-4,9,15,32H,5-8,27H2,1H3. The minimum absolute atomic E-state index is 0.101. The number of aliphatic hydroxyl groups excluding tert-OH is 1. The molecule has 5 heterocycles. The van der Waals surface area contributed by atoms with Gasteiger partial charge >= 0.3 is 0 Å². The topological polar surface area (TPSA) is 121 Å². The SMILES string of the molecule is CC1CN(c2ncc3c4c(c(-c5ncc(F)c6sc(N)c(C#N)c56)c(Cl)c3n2)COC4)CC1O. The minimum atomic E-state index is -0.548. The molecule has 3 N–H and O–H groups in total. The van der Waals surface area contributed by atoms with E-state index < -0.39 is 11.9 Å². The van der Waals surface area contributed by atoms with Gasteiger partial charge in [-0.3, -0.25) is 4.98 Å². The average Bonchev–Trinajstić information content (AvgIpc) is 3.52. The highest BCUT2D eigenvalue weighted by atomic mass is 35.5. The van der Waals surface area contributed by atoms with Crippen LogP contribution in [0.4, 0.5) is 15.3 Å². The van der Waals surface area contributed by atoms with E-state index in [1.807, 2.05) is 11.8 Å². The number of aromatic nitrogens is 3. The van der Waals surface area contributed by atoms with Crippen LogP contribution in [0.1, 0.15) is 23.6 Å². The number of benzene rings is 1. The molecule has 0 saturated carbocycles. The number of nitrogens with zero attached hydrogens (tertiary/aromatic N) is 5. The van der Waals surface area contributed by atoms with Crippen LogP contribution in [0, 0.1) is 23.1 Å². The number of ether oxygens (including phenoxy) is 1. The summed E-state index contributed by atoms with van der Waals surface area (Å²) >= 11 is 7.99. The number of anilines is 2. The van der Waals surface area contributed by atoms with Crippen LogP contribution in [0.25, 0.3) is 32.2 Å². The van der Waals surface area contributed by atoms with Gasteiger partial charge in [0.1, 0.15) is 11.1 Å². The van der Waals surface area contributed by atoms with Crippen LogP contribution in [-0.4, -0.2) is 39.3 Å². The van der Waals surface area contributed by atoms with E-state index in [0.717, 1.165) is 34.0 Å². The Hall–Kier alpha value is -3.10. The number of hydrogen-bond donors (Lipinski definition) is 2. The Kier molecular flexibility index (Phi) is 4.86. The van der Waals surface area contributed by atoms with E-state index in [9.17, 15) is 14.8 Å². The van der Waals surface area contributed by atoms with Crippen molar-refractivity contribution in [3.8, 4) is 17.3 Å². The molecule has 2 aliphatic rings. The van der Waals surface area contributed by atoms with Crippen LogP contribution in [0.5, 0.6) is 0 Å². The van der Waals surface area contributed by atoms with Crippen molar-refractivity contribution in [2.75, 3.05) is 23.7 Å². The first-order chi connectivity index (χ1) is 16.4. The molecule has 2 unspecified atom stereocenters. The fourth-order valence-electron chi connectivity index (χ4n) is 4.80. The van der Waals surface area contributed by atoms with Gasteiger partial charge in [-0.25, -0.2) is 14.4 Å². The predicted octanol–water partition coefficient (Wildman–Crippen LogP) is 4.00. The van der Waals surface area contributed by atoms with Gasteiger partial charge in [-0.2, -0.15) is 5.26 Å². The monoisotopic (exact) mass is 496 g/mol. The average molecular weight is 497 g/mol. The zero-order chi connectivity index (χ0) is 23.7. The summed E-state index contributed by atoms with van der Waals surface area (Å²) in [7, 11) is 0. The number of rotatable bonds is 2. The third kappa shape index (κ3) is 2.98. The molecule has 1 aromatic carbocycles. The highest BCUT2D eigenvalue weighted by Crippen LogP contribution is 2.47. The molecule has 3 aromatic heterocycles. The largest absolute Gasteiger partial charge is 0.391 e. The van der Waals surface area contributed by atoms with Gasteiger partial charge in [0.2, 0.25) is 5.95 Å². The number of β-amino-alcohol motifs (C(OH)–C–C–N with tert-alkyl or cyclic N) is 1. The number of nitriles is 1. The summed E-state index contributed by atoms with van der Waals surface area (Å²) in [6.45, 7) is 3.68. The van der Waals surface area contributed by atoms with Gasteiger partial charge in [0.25, 0.3) is 0 Å². The van der Waals surface area contributed by atoms with Crippen LogP contribution in [0.2, 0.25) is 5.02 Å². The number of pyridine rings is 1. The van der Waals surface area contributed by atoms with Gasteiger partial charge in [0.15, 0.2) is 5.82 Å². The lowest BCUT2D eigenvalue weighted by Crippen LogP contribution is -2.23. The zero-order valence-corrected chi connectivity index (χ0v) is 19.5. The Morgan fingerprint density at radius 2 is 2.09 bits per heavy atom. The molecule has 34 heavy (non-hydrogen) atoms. The minimum Gasteiger partial charge on any atom is -0.391 e. The lowest BCUT2D eigenvalue weighted by atomic mass is 9.94. The number of halogens is 2. The van der Waals surface area contributed by atoms with Gasteiger partial charge in [-0.1, -0.05) is 18.5 Å². The number of thiophene rings is 1. The van der Waals surface area contributed by atoms with Crippen molar-refractivity contribution >= 4 is 54.9 Å². The number of nitrogen functional groups attached to an aromatic ring is 1. The molecule has 172 valence electrons. The van der Waals surface area contributed by atoms with Crippen molar-refractivity contribution in [2.24, 2.45) is 5.92 Å². The van der Waals surface area contributed by atoms with Crippen LogP contribution < -0.4 is 10.6 Å². The Balaban J connectivity index is 1.65. The molecule has 8 nitrogen and oxygen atoms in total. The van der Waals surface area contributed by atoms with E-state index in [1.165, 1.54) is 0 Å². The number of fused-ring (bicyclic) bond motifs is 4. The second-order valence-electron chi connectivity index (χ2n) is 8.63. The molecule has 2 atom stereocenters. The summed E-state index contributed by atoms with van der Waals surface area (Å²) in [5, 5.41) is 21.6. The molecule has 0 aliphatic carbocycles. The maximum absolute atomic E-state index is 14.6. The first-order valence-corrected chi connectivity index (χ1v) is 11.9. The summed E-state index contributed by atoms with van der Waals surface area (Å²) < 4.78 is 20.6. The molecule has 0 radical (unpaired) electrons. The number of nitrogens with two attached hydrogens (primary N) is 1. The van der Waals surface area contributed by atoms with Crippen molar-refractivity contribution in [3.05, 3.63) is 39.9 Å². The first kappa shape index (κ1) is 21.4. The van der Waals surface area contributed by atoms with Crippen molar-refractivity contribution < 1.29 is 14.2 Å². The molecular formula is C23H18ClFN6O2S. The summed E-state index contributed by atoms with van der Waals surface area (Å²) in [6.07, 6.45) is 2.40. The molecule has 6 rings (SSSR count). The van der Waals surface area contributed by atoms with Gasteiger partial charge in [0, 0.05) is 41.5 Å². The number of hydrogen-bond acceptors (Lipinski definition) is 9. The van der Waals surface area contributed by atoms with E-state index in [4.69, 9.17) is 27.1 Å². The van der Waals surface area contributed by atoms with E-state index in [0.29, 0.717) is 59.4 Å². The third-order valence-corrected chi connectivity index (χ3v) is 7.98. The van der Waals surface area contributed by atoms with Crippen LogP contribution in [0.3, 0.4) is 0 Å². The Morgan fingerprint density at radius 3 is 2.82 bits per heavy atom. The molecule has 0 spiro atoms. The quantitative estimate of drug-likeness (QED) is 0.427. The first-order valence-electron chi connectivity index (χ1n) is 10.7. The number of aliphatic hydroxyl groups is 1. The van der Waals surface area contributed by atoms with Gasteiger partial charge in [-0.15, -0.1) is 11.3 Å². The maximum Gasteiger partial charge on any atom is 0.226 e. The van der Waals surface area contributed by atoms with Crippen molar-refractivity contribution in [3.63, 3.8) is 0 Å². The second kappa shape index (κ2) is 7.71. The molecule has 0 amide bonds. The Morgan fingerprint density at radius 1 is 1.29 bits per heavy atom. The lowest BCUT2D eigenvalue weighted by Gasteiger charge is -2.18. The third-order valence-electron chi connectivity index (χ3n) is 6.59. The fraction of sp³-hybridized carbons (Fsp3) is 0.304. The van der Waals surface area contributed by atoms with Crippen LogP contribution in [0.15, 0.2) is 12.4 Å². The zero-order valence-electron chi connectivity index (χ0n) is 18.0. The Labute approximate surface area is 202 Å². The van der Waals surface area contributed by atoms with Crippen molar-refractivity contribution in [1.82, 2.24) is 15.0 Å². The van der Waals surface area contributed by atoms with Crippen LogP contribution >= 0.6 is 22.9 Å². The van der Waals surface area contributed by atoms with Crippen LogP contribution in [-0.2, 0) is 18.0 Å².